The van der Waals surface area contributed by atoms with Crippen molar-refractivity contribution in [3.63, 3.8) is 0 Å². The molecule has 0 aliphatic carbocycles. The molecule has 0 saturated carbocycles. The third-order valence-corrected chi connectivity index (χ3v) is 6.18. The summed E-state index contributed by atoms with van der Waals surface area (Å²) in [6.07, 6.45) is 3.33. The number of rotatable bonds is 7. The Balaban J connectivity index is 1.66. The Kier molecular flexibility index (Phi) is 4.73. The largest absolute Gasteiger partial charge is 0.289 e. The molecule has 0 bridgehead atoms. The standard InChI is InChI=1S/C17H20N2O4S/c20-16(18-21)11-3-1-2-4-12-19-14-9-5-7-13-8-6-10-15(17(13)14)24(19,22)23/h5-10,21H,1-4,11-12H2,(H,18,20). The van der Waals surface area contributed by atoms with E-state index in [1.54, 1.807) is 17.6 Å². The molecule has 0 saturated heterocycles. The van der Waals surface area contributed by atoms with Gasteiger partial charge in [0.15, 0.2) is 0 Å². The Morgan fingerprint density at radius 3 is 2.50 bits per heavy atom. The van der Waals surface area contributed by atoms with E-state index in [4.69, 9.17) is 5.21 Å². The fourth-order valence-corrected chi connectivity index (χ4v) is 4.90. The van der Waals surface area contributed by atoms with Gasteiger partial charge in [-0.05, 0) is 30.4 Å². The SMILES string of the molecule is O=C(CCCCCCN1c2cccc3cccc(c23)S1(=O)=O)NO. The molecule has 7 heteroatoms. The van der Waals surface area contributed by atoms with Gasteiger partial charge in [-0.25, -0.2) is 13.9 Å². The van der Waals surface area contributed by atoms with Crippen molar-refractivity contribution in [2.24, 2.45) is 0 Å². The van der Waals surface area contributed by atoms with Gasteiger partial charge in [-0.1, -0.05) is 37.1 Å². The van der Waals surface area contributed by atoms with Gasteiger partial charge in [-0.3, -0.25) is 14.3 Å². The maximum absolute atomic E-state index is 12.8. The van der Waals surface area contributed by atoms with Crippen molar-refractivity contribution >= 4 is 32.4 Å². The number of unbranched alkanes of at least 4 members (excludes halogenated alkanes) is 3. The average Bonchev–Trinajstić information content (AvgIpc) is 2.80. The molecule has 2 aromatic rings. The van der Waals surface area contributed by atoms with Gasteiger partial charge in [0.1, 0.15) is 0 Å². The summed E-state index contributed by atoms with van der Waals surface area (Å²) in [6, 6.07) is 11.0. The highest BCUT2D eigenvalue weighted by atomic mass is 32.2. The fourth-order valence-electron chi connectivity index (χ4n) is 3.15. The van der Waals surface area contributed by atoms with Crippen molar-refractivity contribution in [2.45, 2.75) is 37.0 Å². The number of carbonyl (C=O) groups is 1. The lowest BCUT2D eigenvalue weighted by Crippen LogP contribution is -2.28. The van der Waals surface area contributed by atoms with Crippen LogP contribution in [0.2, 0.25) is 0 Å². The number of benzene rings is 2. The van der Waals surface area contributed by atoms with Gasteiger partial charge in [0.2, 0.25) is 5.91 Å². The molecule has 2 N–H and O–H groups in total. The molecule has 24 heavy (non-hydrogen) atoms. The molecule has 0 atom stereocenters. The Morgan fingerprint density at radius 1 is 1.04 bits per heavy atom. The van der Waals surface area contributed by atoms with Crippen LogP contribution in [-0.2, 0) is 14.8 Å². The minimum atomic E-state index is -3.47. The van der Waals surface area contributed by atoms with Gasteiger partial charge in [-0.15, -0.1) is 0 Å². The summed E-state index contributed by atoms with van der Waals surface area (Å²) in [7, 11) is -3.47. The minimum Gasteiger partial charge on any atom is -0.289 e. The first kappa shape index (κ1) is 16.7. The summed E-state index contributed by atoms with van der Waals surface area (Å²) in [6.45, 7) is 0.433. The van der Waals surface area contributed by atoms with E-state index in [1.807, 2.05) is 24.3 Å². The van der Waals surface area contributed by atoms with E-state index in [2.05, 4.69) is 0 Å². The number of nitrogens with zero attached hydrogens (tertiary/aromatic N) is 1. The first-order valence-corrected chi connectivity index (χ1v) is 9.47. The zero-order chi connectivity index (χ0) is 17.2. The number of nitrogens with one attached hydrogen (secondary N) is 1. The van der Waals surface area contributed by atoms with Gasteiger partial charge in [0.05, 0.1) is 10.6 Å². The predicted molar refractivity (Wildman–Crippen MR) is 91.5 cm³/mol. The summed E-state index contributed by atoms with van der Waals surface area (Å²) in [5.74, 6) is -0.390. The maximum Gasteiger partial charge on any atom is 0.265 e. The minimum absolute atomic E-state index is 0.281. The van der Waals surface area contributed by atoms with Crippen LogP contribution in [-0.4, -0.2) is 26.1 Å². The molecule has 0 radical (unpaired) electrons. The van der Waals surface area contributed by atoms with Crippen molar-refractivity contribution in [1.29, 1.82) is 0 Å². The summed E-state index contributed by atoms with van der Waals surface area (Å²) in [4.78, 5) is 11.3. The summed E-state index contributed by atoms with van der Waals surface area (Å²) < 4.78 is 27.0. The molecule has 0 spiro atoms. The Labute approximate surface area is 141 Å². The monoisotopic (exact) mass is 348 g/mol. The zero-order valence-electron chi connectivity index (χ0n) is 13.2. The Bertz CT molecular complexity index is 859. The number of carbonyl (C=O) groups excluding carboxylic acids is 1. The quantitative estimate of drug-likeness (QED) is 0.458. The molecule has 0 unspecified atom stereocenters. The van der Waals surface area contributed by atoms with Crippen molar-refractivity contribution in [2.75, 3.05) is 10.8 Å². The summed E-state index contributed by atoms with van der Waals surface area (Å²) in [5, 5.41) is 10.2. The molecule has 0 aromatic heterocycles. The lowest BCUT2D eigenvalue weighted by atomic mass is 10.1. The van der Waals surface area contributed by atoms with Crippen molar-refractivity contribution in [3.05, 3.63) is 36.4 Å². The van der Waals surface area contributed by atoms with Gasteiger partial charge >= 0.3 is 0 Å². The molecule has 1 aliphatic heterocycles. The normalized spacial score (nSPS) is 15.0. The summed E-state index contributed by atoms with van der Waals surface area (Å²) in [5.41, 5.74) is 2.36. The van der Waals surface area contributed by atoms with Crippen LogP contribution in [0.15, 0.2) is 41.3 Å². The number of hydroxylamine groups is 1. The highest BCUT2D eigenvalue weighted by Gasteiger charge is 2.34. The van der Waals surface area contributed by atoms with E-state index < -0.39 is 10.0 Å². The second kappa shape index (κ2) is 6.78. The van der Waals surface area contributed by atoms with Crippen molar-refractivity contribution in [3.8, 4) is 0 Å². The molecular weight excluding hydrogens is 328 g/mol. The second-order valence-corrected chi connectivity index (χ2v) is 7.74. The van der Waals surface area contributed by atoms with Crippen LogP contribution in [0, 0.1) is 0 Å². The van der Waals surface area contributed by atoms with Gasteiger partial charge in [0.25, 0.3) is 10.0 Å². The number of sulfonamides is 1. The second-order valence-electron chi connectivity index (χ2n) is 5.91. The van der Waals surface area contributed by atoms with Crippen LogP contribution >= 0.6 is 0 Å². The fraction of sp³-hybridized carbons (Fsp3) is 0.353. The topological polar surface area (TPSA) is 86.7 Å². The average molecular weight is 348 g/mol. The number of hydrogen-bond acceptors (Lipinski definition) is 4. The molecule has 128 valence electrons. The number of anilines is 1. The van der Waals surface area contributed by atoms with Gasteiger partial charge < -0.3 is 0 Å². The van der Waals surface area contributed by atoms with E-state index >= 15 is 0 Å². The molecule has 1 aliphatic rings. The van der Waals surface area contributed by atoms with Gasteiger partial charge in [0, 0.05) is 18.4 Å². The van der Waals surface area contributed by atoms with Crippen LogP contribution in [0.3, 0.4) is 0 Å². The van der Waals surface area contributed by atoms with E-state index in [9.17, 15) is 13.2 Å². The molecule has 6 nitrogen and oxygen atoms in total. The number of hydrogen-bond donors (Lipinski definition) is 2. The molecule has 0 fully saturated rings. The van der Waals surface area contributed by atoms with Crippen LogP contribution in [0.25, 0.3) is 10.8 Å². The predicted octanol–water partition coefficient (Wildman–Crippen LogP) is 2.80. The molecule has 1 amide bonds. The third kappa shape index (κ3) is 2.97. The lowest BCUT2D eigenvalue weighted by Gasteiger charge is -2.18. The van der Waals surface area contributed by atoms with Gasteiger partial charge in [-0.2, -0.15) is 0 Å². The molecule has 3 rings (SSSR count). The number of amides is 1. The molecular formula is C17H20N2O4S. The molecule has 1 heterocycles. The first-order valence-electron chi connectivity index (χ1n) is 8.03. The van der Waals surface area contributed by atoms with Crippen LogP contribution in [0.1, 0.15) is 32.1 Å². The van der Waals surface area contributed by atoms with E-state index in [-0.39, 0.29) is 12.3 Å². The van der Waals surface area contributed by atoms with E-state index in [0.717, 1.165) is 35.7 Å². The van der Waals surface area contributed by atoms with Crippen LogP contribution in [0.4, 0.5) is 5.69 Å². The third-order valence-electron chi connectivity index (χ3n) is 4.32. The maximum atomic E-state index is 12.8. The van der Waals surface area contributed by atoms with Crippen molar-refractivity contribution in [1.82, 2.24) is 5.48 Å². The zero-order valence-corrected chi connectivity index (χ0v) is 14.1. The Morgan fingerprint density at radius 2 is 1.75 bits per heavy atom. The lowest BCUT2D eigenvalue weighted by molar-refractivity contribution is -0.129. The van der Waals surface area contributed by atoms with Crippen LogP contribution in [0.5, 0.6) is 0 Å². The van der Waals surface area contributed by atoms with Crippen molar-refractivity contribution < 1.29 is 18.4 Å². The van der Waals surface area contributed by atoms with E-state index in [1.165, 1.54) is 4.31 Å². The Hall–Kier alpha value is -2.12. The first-order chi connectivity index (χ1) is 11.6. The summed E-state index contributed by atoms with van der Waals surface area (Å²) >= 11 is 0. The van der Waals surface area contributed by atoms with Crippen LogP contribution < -0.4 is 9.79 Å². The smallest absolute Gasteiger partial charge is 0.265 e. The highest BCUT2D eigenvalue weighted by molar-refractivity contribution is 7.93. The molecule has 2 aromatic carbocycles. The highest BCUT2D eigenvalue weighted by Crippen LogP contribution is 2.41. The van der Waals surface area contributed by atoms with E-state index in [0.29, 0.717) is 17.9 Å².